The highest BCUT2D eigenvalue weighted by Gasteiger charge is 2.18. The van der Waals surface area contributed by atoms with Crippen LogP contribution in [0.3, 0.4) is 0 Å². The number of benzene rings is 2. The lowest BCUT2D eigenvalue weighted by Crippen LogP contribution is -2.13. The molecule has 1 aromatic heterocycles. The number of methoxy groups -OCH3 is 1. The van der Waals surface area contributed by atoms with Crippen LogP contribution in [0.2, 0.25) is 5.02 Å². The molecule has 132 valence electrons. The van der Waals surface area contributed by atoms with Crippen molar-refractivity contribution in [1.82, 2.24) is 10.2 Å². The second-order valence-electron chi connectivity index (χ2n) is 5.02. The zero-order chi connectivity index (χ0) is 18.7. The normalized spacial score (nSPS) is 10.4. The molecule has 26 heavy (non-hydrogen) atoms. The maximum atomic E-state index is 12.3. The summed E-state index contributed by atoms with van der Waals surface area (Å²) in [5, 5.41) is 20.8. The summed E-state index contributed by atoms with van der Waals surface area (Å²) in [7, 11) is 1.55. The zero-order valence-electron chi connectivity index (χ0n) is 13.3. The van der Waals surface area contributed by atoms with E-state index in [-0.39, 0.29) is 28.2 Å². The number of hydrogen-bond donors (Lipinski definition) is 1. The lowest BCUT2D eigenvalue weighted by molar-refractivity contribution is -0.384. The van der Waals surface area contributed by atoms with Gasteiger partial charge in [-0.1, -0.05) is 16.7 Å². The first-order chi connectivity index (χ1) is 12.5. The topological polar surface area (TPSA) is 120 Å². The van der Waals surface area contributed by atoms with Crippen molar-refractivity contribution >= 4 is 29.2 Å². The van der Waals surface area contributed by atoms with Crippen LogP contribution in [-0.4, -0.2) is 28.1 Å². The number of non-ortho nitro benzene ring substituents is 1. The summed E-state index contributed by atoms with van der Waals surface area (Å²) in [4.78, 5) is 22.5. The Morgan fingerprint density at radius 1 is 1.23 bits per heavy atom. The van der Waals surface area contributed by atoms with E-state index >= 15 is 0 Å². The molecule has 1 heterocycles. The Morgan fingerprint density at radius 2 is 1.96 bits per heavy atom. The van der Waals surface area contributed by atoms with Crippen LogP contribution in [-0.2, 0) is 0 Å². The van der Waals surface area contributed by atoms with Gasteiger partial charge in [0.2, 0.25) is 5.89 Å². The SMILES string of the molecule is COc1ccc(-c2nnc(NC(=O)c3cc([N+](=O)[O-])ccc3Cl)o2)cc1. The zero-order valence-corrected chi connectivity index (χ0v) is 14.1. The van der Waals surface area contributed by atoms with Crippen molar-refractivity contribution < 1.29 is 18.9 Å². The fourth-order valence-electron chi connectivity index (χ4n) is 2.09. The lowest BCUT2D eigenvalue weighted by Gasteiger charge is -2.03. The van der Waals surface area contributed by atoms with Crippen molar-refractivity contribution in [3.05, 3.63) is 63.2 Å². The molecule has 9 nitrogen and oxygen atoms in total. The minimum atomic E-state index is -0.705. The van der Waals surface area contributed by atoms with Crippen molar-refractivity contribution in [2.24, 2.45) is 0 Å². The predicted octanol–water partition coefficient (Wildman–Crippen LogP) is 3.56. The van der Waals surface area contributed by atoms with Gasteiger partial charge >= 0.3 is 6.01 Å². The number of amides is 1. The van der Waals surface area contributed by atoms with E-state index in [0.717, 1.165) is 6.07 Å². The number of carbonyl (C=O) groups is 1. The van der Waals surface area contributed by atoms with E-state index in [1.807, 2.05) is 0 Å². The number of aromatic nitrogens is 2. The van der Waals surface area contributed by atoms with Gasteiger partial charge in [0.1, 0.15) is 5.75 Å². The maximum absolute atomic E-state index is 12.3. The summed E-state index contributed by atoms with van der Waals surface area (Å²) in [6.07, 6.45) is 0. The van der Waals surface area contributed by atoms with Gasteiger partial charge in [0.25, 0.3) is 11.6 Å². The monoisotopic (exact) mass is 374 g/mol. The maximum Gasteiger partial charge on any atom is 0.322 e. The number of nitrogens with one attached hydrogen (secondary N) is 1. The molecule has 0 saturated heterocycles. The van der Waals surface area contributed by atoms with Gasteiger partial charge in [-0.05, 0) is 30.3 Å². The van der Waals surface area contributed by atoms with Crippen molar-refractivity contribution in [2.45, 2.75) is 0 Å². The number of hydrogen-bond acceptors (Lipinski definition) is 7. The predicted molar refractivity (Wildman–Crippen MR) is 92.3 cm³/mol. The third-order valence-electron chi connectivity index (χ3n) is 3.39. The Balaban J connectivity index is 1.79. The van der Waals surface area contributed by atoms with Gasteiger partial charge in [0, 0.05) is 17.7 Å². The first-order valence-electron chi connectivity index (χ1n) is 7.21. The Labute approximate surface area is 151 Å². The Morgan fingerprint density at radius 3 is 2.62 bits per heavy atom. The molecule has 0 spiro atoms. The van der Waals surface area contributed by atoms with Gasteiger partial charge in [-0.2, -0.15) is 0 Å². The fraction of sp³-hybridized carbons (Fsp3) is 0.0625. The van der Waals surface area contributed by atoms with E-state index in [1.54, 1.807) is 31.4 Å². The molecule has 10 heteroatoms. The van der Waals surface area contributed by atoms with E-state index in [4.69, 9.17) is 20.8 Å². The van der Waals surface area contributed by atoms with Gasteiger partial charge in [-0.3, -0.25) is 20.2 Å². The second kappa shape index (κ2) is 7.19. The minimum absolute atomic E-state index is 0.0583. The van der Waals surface area contributed by atoms with Crippen LogP contribution in [0.15, 0.2) is 46.9 Å². The highest BCUT2D eigenvalue weighted by atomic mass is 35.5. The molecule has 3 rings (SSSR count). The molecule has 1 N–H and O–H groups in total. The summed E-state index contributed by atoms with van der Waals surface area (Å²) >= 11 is 5.93. The lowest BCUT2D eigenvalue weighted by atomic mass is 10.2. The molecule has 0 bridgehead atoms. The molecule has 1 amide bonds. The number of rotatable bonds is 5. The summed E-state index contributed by atoms with van der Waals surface area (Å²) in [6.45, 7) is 0. The first kappa shape index (κ1) is 17.4. The molecule has 0 radical (unpaired) electrons. The summed E-state index contributed by atoms with van der Waals surface area (Å²) in [6, 6.07) is 10.3. The number of nitro benzene ring substituents is 1. The minimum Gasteiger partial charge on any atom is -0.497 e. The summed E-state index contributed by atoms with van der Waals surface area (Å²) in [5.41, 5.74) is 0.293. The summed E-state index contributed by atoms with van der Waals surface area (Å²) < 4.78 is 10.4. The van der Waals surface area contributed by atoms with Crippen LogP contribution in [0.5, 0.6) is 5.75 Å². The number of anilines is 1. The Kier molecular flexibility index (Phi) is 4.81. The fourth-order valence-corrected chi connectivity index (χ4v) is 2.29. The second-order valence-corrected chi connectivity index (χ2v) is 5.42. The average molecular weight is 375 g/mol. The standard InChI is InChI=1S/C16H11ClN4O5/c1-25-11-5-2-9(3-6-11)15-19-20-16(26-15)18-14(22)12-8-10(21(23)24)4-7-13(12)17/h2-8H,1H3,(H,18,20,22). The molecule has 0 aliphatic rings. The van der Waals surface area contributed by atoms with Gasteiger partial charge in [0.05, 0.1) is 22.6 Å². The number of nitro groups is 1. The van der Waals surface area contributed by atoms with E-state index in [0.29, 0.717) is 11.3 Å². The number of halogens is 1. The Hall–Kier alpha value is -3.46. The van der Waals surface area contributed by atoms with E-state index in [2.05, 4.69) is 15.5 Å². The largest absolute Gasteiger partial charge is 0.497 e. The molecule has 0 fully saturated rings. The van der Waals surface area contributed by atoms with E-state index < -0.39 is 10.8 Å². The van der Waals surface area contributed by atoms with E-state index in [9.17, 15) is 14.9 Å². The highest BCUT2D eigenvalue weighted by molar-refractivity contribution is 6.34. The average Bonchev–Trinajstić information content (AvgIpc) is 3.10. The molecule has 0 saturated carbocycles. The molecular weight excluding hydrogens is 364 g/mol. The number of nitrogens with zero attached hydrogens (tertiary/aromatic N) is 3. The third kappa shape index (κ3) is 3.62. The molecule has 0 aliphatic heterocycles. The molecule has 0 unspecified atom stereocenters. The summed E-state index contributed by atoms with van der Waals surface area (Å²) in [5.74, 6) is 0.152. The van der Waals surface area contributed by atoms with Crippen molar-refractivity contribution in [2.75, 3.05) is 12.4 Å². The molecule has 2 aromatic carbocycles. The smallest absolute Gasteiger partial charge is 0.322 e. The third-order valence-corrected chi connectivity index (χ3v) is 3.72. The van der Waals surface area contributed by atoms with Crippen LogP contribution in [0, 0.1) is 10.1 Å². The quantitative estimate of drug-likeness (QED) is 0.535. The molecular formula is C16H11ClN4O5. The van der Waals surface area contributed by atoms with Gasteiger partial charge in [0.15, 0.2) is 0 Å². The van der Waals surface area contributed by atoms with Gasteiger partial charge in [-0.15, -0.1) is 5.10 Å². The van der Waals surface area contributed by atoms with Crippen LogP contribution in [0.4, 0.5) is 11.7 Å². The van der Waals surface area contributed by atoms with Crippen LogP contribution in [0.25, 0.3) is 11.5 Å². The molecule has 0 aliphatic carbocycles. The first-order valence-corrected chi connectivity index (χ1v) is 7.59. The van der Waals surface area contributed by atoms with Crippen LogP contribution < -0.4 is 10.1 Å². The molecule has 0 atom stereocenters. The van der Waals surface area contributed by atoms with Gasteiger partial charge in [-0.25, -0.2) is 0 Å². The Bertz CT molecular complexity index is 971. The van der Waals surface area contributed by atoms with Crippen LogP contribution in [0.1, 0.15) is 10.4 Å². The number of ether oxygens (including phenoxy) is 1. The number of carbonyl (C=O) groups excluding carboxylic acids is 1. The van der Waals surface area contributed by atoms with Gasteiger partial charge < -0.3 is 9.15 Å². The highest BCUT2D eigenvalue weighted by Crippen LogP contribution is 2.25. The van der Waals surface area contributed by atoms with Crippen molar-refractivity contribution in [3.63, 3.8) is 0 Å². The van der Waals surface area contributed by atoms with Crippen molar-refractivity contribution in [1.29, 1.82) is 0 Å². The van der Waals surface area contributed by atoms with Crippen molar-refractivity contribution in [3.8, 4) is 17.2 Å². The van der Waals surface area contributed by atoms with Crippen LogP contribution >= 0.6 is 11.6 Å². The van der Waals surface area contributed by atoms with E-state index in [1.165, 1.54) is 12.1 Å². The molecule has 3 aromatic rings.